The van der Waals surface area contributed by atoms with Crippen LogP contribution in [0.1, 0.15) is 28.3 Å². The molecule has 0 amide bonds. The van der Waals surface area contributed by atoms with Crippen molar-refractivity contribution in [3.05, 3.63) is 77.0 Å². The highest BCUT2D eigenvalue weighted by atomic mass is 16.5. The SMILES string of the molecule is NC(c1ccc2c(c1)COC2)c1cnc2ccccc2c1. The van der Waals surface area contributed by atoms with Crippen LogP contribution in [0.4, 0.5) is 0 Å². The van der Waals surface area contributed by atoms with Crippen LogP contribution in [0.2, 0.25) is 0 Å². The van der Waals surface area contributed by atoms with E-state index in [1.807, 2.05) is 24.4 Å². The van der Waals surface area contributed by atoms with Gasteiger partial charge >= 0.3 is 0 Å². The summed E-state index contributed by atoms with van der Waals surface area (Å²) in [5.74, 6) is 0. The van der Waals surface area contributed by atoms with Gasteiger partial charge in [0.05, 0.1) is 24.8 Å². The minimum Gasteiger partial charge on any atom is -0.372 e. The van der Waals surface area contributed by atoms with E-state index >= 15 is 0 Å². The molecule has 1 aromatic heterocycles. The summed E-state index contributed by atoms with van der Waals surface area (Å²) in [6, 6.07) is 16.4. The van der Waals surface area contributed by atoms with Gasteiger partial charge in [-0.2, -0.15) is 0 Å². The van der Waals surface area contributed by atoms with Crippen molar-refractivity contribution in [2.45, 2.75) is 19.3 Å². The molecule has 1 aliphatic rings. The Morgan fingerprint density at radius 1 is 0.952 bits per heavy atom. The maximum Gasteiger partial charge on any atom is 0.0725 e. The van der Waals surface area contributed by atoms with Crippen molar-refractivity contribution in [2.75, 3.05) is 0 Å². The van der Waals surface area contributed by atoms with Crippen LogP contribution in [0.3, 0.4) is 0 Å². The Labute approximate surface area is 123 Å². The zero-order valence-electron chi connectivity index (χ0n) is 11.6. The third-order valence-electron chi connectivity index (χ3n) is 4.08. The smallest absolute Gasteiger partial charge is 0.0725 e. The number of benzene rings is 2. The first-order chi connectivity index (χ1) is 10.3. The minimum absolute atomic E-state index is 0.159. The predicted molar refractivity (Wildman–Crippen MR) is 82.7 cm³/mol. The van der Waals surface area contributed by atoms with Gasteiger partial charge in [-0.15, -0.1) is 0 Å². The van der Waals surface area contributed by atoms with E-state index < -0.39 is 0 Å². The van der Waals surface area contributed by atoms with E-state index in [1.54, 1.807) is 0 Å². The number of ether oxygens (including phenoxy) is 1. The molecule has 0 saturated carbocycles. The topological polar surface area (TPSA) is 48.1 Å². The Hall–Kier alpha value is -2.23. The average Bonchev–Trinajstić information content (AvgIpc) is 3.01. The van der Waals surface area contributed by atoms with Crippen molar-refractivity contribution in [3.63, 3.8) is 0 Å². The lowest BCUT2D eigenvalue weighted by Gasteiger charge is -2.14. The van der Waals surface area contributed by atoms with Crippen LogP contribution >= 0.6 is 0 Å². The second-order valence-electron chi connectivity index (χ2n) is 5.46. The molecular weight excluding hydrogens is 260 g/mol. The van der Waals surface area contributed by atoms with Gasteiger partial charge in [-0.3, -0.25) is 4.98 Å². The summed E-state index contributed by atoms with van der Waals surface area (Å²) in [5, 5.41) is 1.12. The summed E-state index contributed by atoms with van der Waals surface area (Å²) >= 11 is 0. The summed E-state index contributed by atoms with van der Waals surface area (Å²) in [7, 11) is 0. The lowest BCUT2D eigenvalue weighted by atomic mass is 9.96. The van der Waals surface area contributed by atoms with Crippen molar-refractivity contribution in [3.8, 4) is 0 Å². The first-order valence-electron chi connectivity index (χ1n) is 7.11. The molecule has 0 fully saturated rings. The van der Waals surface area contributed by atoms with Gasteiger partial charge < -0.3 is 10.5 Å². The second-order valence-corrected chi connectivity index (χ2v) is 5.46. The fourth-order valence-electron chi connectivity index (χ4n) is 2.84. The van der Waals surface area contributed by atoms with Crippen LogP contribution in [0, 0.1) is 0 Å². The number of fused-ring (bicyclic) bond motifs is 2. The third kappa shape index (κ3) is 2.20. The van der Waals surface area contributed by atoms with Gasteiger partial charge in [-0.25, -0.2) is 0 Å². The molecule has 21 heavy (non-hydrogen) atoms. The Morgan fingerprint density at radius 3 is 2.76 bits per heavy atom. The van der Waals surface area contributed by atoms with Crippen molar-refractivity contribution in [1.82, 2.24) is 4.98 Å². The second kappa shape index (κ2) is 4.95. The summed E-state index contributed by atoms with van der Waals surface area (Å²) in [4.78, 5) is 4.50. The lowest BCUT2D eigenvalue weighted by molar-refractivity contribution is 0.134. The number of pyridine rings is 1. The third-order valence-corrected chi connectivity index (χ3v) is 4.08. The van der Waals surface area contributed by atoms with Gasteiger partial charge in [0.15, 0.2) is 0 Å². The predicted octanol–water partition coefficient (Wildman–Crippen LogP) is 3.31. The zero-order valence-corrected chi connectivity index (χ0v) is 11.6. The van der Waals surface area contributed by atoms with Crippen LogP contribution in [-0.2, 0) is 18.0 Å². The van der Waals surface area contributed by atoms with Gasteiger partial charge in [-0.1, -0.05) is 36.4 Å². The van der Waals surface area contributed by atoms with Crippen molar-refractivity contribution in [1.29, 1.82) is 0 Å². The van der Waals surface area contributed by atoms with E-state index in [0.29, 0.717) is 13.2 Å². The molecule has 1 aliphatic heterocycles. The van der Waals surface area contributed by atoms with Crippen LogP contribution in [0.5, 0.6) is 0 Å². The van der Waals surface area contributed by atoms with Crippen molar-refractivity contribution < 1.29 is 4.74 Å². The molecule has 1 unspecified atom stereocenters. The van der Waals surface area contributed by atoms with E-state index in [2.05, 4.69) is 35.3 Å². The normalized spacial score (nSPS) is 15.1. The van der Waals surface area contributed by atoms with Gasteiger partial charge in [0.2, 0.25) is 0 Å². The summed E-state index contributed by atoms with van der Waals surface area (Å²) in [6.45, 7) is 1.40. The summed E-state index contributed by atoms with van der Waals surface area (Å²) in [6.07, 6.45) is 1.87. The standard InChI is InChI=1S/C18H16N2O/c19-18(13-5-6-14-10-21-11-16(14)8-13)15-7-12-3-1-2-4-17(12)20-9-15/h1-9,18H,10-11,19H2. The Morgan fingerprint density at radius 2 is 1.81 bits per heavy atom. The number of aromatic nitrogens is 1. The lowest BCUT2D eigenvalue weighted by Crippen LogP contribution is -2.12. The molecule has 0 saturated heterocycles. The Kier molecular flexibility index (Phi) is 2.95. The monoisotopic (exact) mass is 276 g/mol. The first-order valence-corrected chi connectivity index (χ1v) is 7.11. The molecule has 1 atom stereocenters. The fourth-order valence-corrected chi connectivity index (χ4v) is 2.84. The molecule has 2 N–H and O–H groups in total. The molecule has 3 nitrogen and oxygen atoms in total. The molecular formula is C18H16N2O. The molecule has 2 heterocycles. The fraction of sp³-hybridized carbons (Fsp3) is 0.167. The van der Waals surface area contributed by atoms with Gasteiger partial charge in [0.25, 0.3) is 0 Å². The van der Waals surface area contributed by atoms with E-state index in [9.17, 15) is 0 Å². The van der Waals surface area contributed by atoms with Crippen molar-refractivity contribution in [2.24, 2.45) is 5.73 Å². The maximum absolute atomic E-state index is 6.42. The highest BCUT2D eigenvalue weighted by Gasteiger charge is 2.15. The molecule has 3 heteroatoms. The van der Waals surface area contributed by atoms with Crippen LogP contribution in [-0.4, -0.2) is 4.98 Å². The molecule has 4 rings (SSSR count). The molecule has 0 bridgehead atoms. The maximum atomic E-state index is 6.42. The molecule has 0 radical (unpaired) electrons. The zero-order chi connectivity index (χ0) is 14.2. The van der Waals surface area contributed by atoms with Crippen LogP contribution in [0.25, 0.3) is 10.9 Å². The van der Waals surface area contributed by atoms with Gasteiger partial charge in [0.1, 0.15) is 0 Å². The van der Waals surface area contributed by atoms with E-state index in [1.165, 1.54) is 11.1 Å². The summed E-state index contributed by atoms with van der Waals surface area (Å²) < 4.78 is 5.46. The molecule has 3 aromatic rings. The highest BCUT2D eigenvalue weighted by Crippen LogP contribution is 2.27. The number of nitrogens with zero attached hydrogens (tertiary/aromatic N) is 1. The molecule has 2 aromatic carbocycles. The van der Waals surface area contributed by atoms with E-state index in [4.69, 9.17) is 10.5 Å². The number of hydrogen-bond acceptors (Lipinski definition) is 3. The molecule has 104 valence electrons. The highest BCUT2D eigenvalue weighted by molar-refractivity contribution is 5.78. The number of rotatable bonds is 2. The average molecular weight is 276 g/mol. The van der Waals surface area contributed by atoms with Crippen LogP contribution < -0.4 is 5.73 Å². The largest absolute Gasteiger partial charge is 0.372 e. The van der Waals surface area contributed by atoms with E-state index in [-0.39, 0.29) is 6.04 Å². The number of nitrogens with two attached hydrogens (primary N) is 1. The quantitative estimate of drug-likeness (QED) is 0.781. The number of hydrogen-bond donors (Lipinski definition) is 1. The van der Waals surface area contributed by atoms with Gasteiger partial charge in [0, 0.05) is 11.6 Å². The minimum atomic E-state index is -0.159. The molecule has 0 aliphatic carbocycles. The Bertz CT molecular complexity index is 813. The Balaban J connectivity index is 1.73. The van der Waals surface area contributed by atoms with Crippen molar-refractivity contribution >= 4 is 10.9 Å². The van der Waals surface area contributed by atoms with E-state index in [0.717, 1.165) is 22.0 Å². The van der Waals surface area contributed by atoms with Gasteiger partial charge in [-0.05, 0) is 34.4 Å². The number of para-hydroxylation sites is 1. The summed E-state index contributed by atoms with van der Waals surface area (Å²) in [5.41, 5.74) is 12.1. The first kappa shape index (κ1) is 12.5. The van der Waals surface area contributed by atoms with Crippen LogP contribution in [0.15, 0.2) is 54.7 Å². The molecule has 0 spiro atoms.